The predicted octanol–water partition coefficient (Wildman–Crippen LogP) is 9.24. The molecule has 0 N–H and O–H groups in total. The van der Waals surface area contributed by atoms with E-state index in [0.29, 0.717) is 13.2 Å². The Kier molecular flexibility index (Phi) is 39.2. The average molecular weight is 503 g/mol. The van der Waals surface area contributed by atoms with Crippen LogP contribution in [0.3, 0.4) is 0 Å². The summed E-state index contributed by atoms with van der Waals surface area (Å²) in [6.07, 6.45) is 9.45. The van der Waals surface area contributed by atoms with Crippen molar-refractivity contribution >= 4 is 0 Å². The van der Waals surface area contributed by atoms with Gasteiger partial charge in [-0.25, -0.2) is 0 Å². The van der Waals surface area contributed by atoms with Crippen molar-refractivity contribution in [3.63, 3.8) is 0 Å². The zero-order valence-electron chi connectivity index (χ0n) is 21.5. The van der Waals surface area contributed by atoms with E-state index in [9.17, 15) is 0 Å². The van der Waals surface area contributed by atoms with E-state index >= 15 is 0 Å². The lowest BCUT2D eigenvalue weighted by atomic mass is 9.81. The van der Waals surface area contributed by atoms with E-state index in [2.05, 4.69) is 45.0 Å². The number of aryl methyl sites for hydroxylation is 1. The van der Waals surface area contributed by atoms with Gasteiger partial charge in [-0.1, -0.05) is 94.0 Å². The van der Waals surface area contributed by atoms with Gasteiger partial charge in [0.1, 0.15) is 0 Å². The molecule has 0 saturated heterocycles. The van der Waals surface area contributed by atoms with Crippen LogP contribution in [0.15, 0.2) is 24.3 Å². The van der Waals surface area contributed by atoms with Crippen LogP contribution in [0.1, 0.15) is 107 Å². The molecule has 4 nitrogen and oxygen atoms in total. The fourth-order valence-electron chi connectivity index (χ4n) is 3.54. The van der Waals surface area contributed by atoms with Crippen molar-refractivity contribution in [2.75, 3.05) is 41.2 Å². The molecule has 214 valence electrons. The van der Waals surface area contributed by atoms with Crippen LogP contribution in [-0.2, 0) is 32.0 Å². The summed E-state index contributed by atoms with van der Waals surface area (Å²) in [6, 6.07) is 8.52. The molecule has 2 rings (SSSR count). The highest BCUT2D eigenvalue weighted by Crippen LogP contribution is 2.30. The van der Waals surface area contributed by atoms with Gasteiger partial charge in [0.25, 0.3) is 0 Å². The molecule has 0 bridgehead atoms. The fraction of sp³-hybridized carbons (Fsp3) is 0.806. The molecule has 1 atom stereocenters. The van der Waals surface area contributed by atoms with Crippen LogP contribution in [0.25, 0.3) is 0 Å². The normalized spacial score (nSPS) is 16.8. The molecule has 4 heteroatoms. The van der Waals surface area contributed by atoms with Crippen LogP contribution < -0.4 is 0 Å². The minimum Gasteiger partial charge on any atom is -0.384 e. The molecule has 0 aromatic heterocycles. The van der Waals surface area contributed by atoms with Gasteiger partial charge in [0.15, 0.2) is 0 Å². The maximum Gasteiger partial charge on any atom is 0.0776 e. The number of ether oxygens (including phenoxy) is 4. The molecule has 0 radical (unpaired) electrons. The molecule has 1 unspecified atom stereocenters. The summed E-state index contributed by atoms with van der Waals surface area (Å²) in [5, 5.41) is 0. The first-order chi connectivity index (χ1) is 15.0. The summed E-state index contributed by atoms with van der Waals surface area (Å²) in [5.74, 6) is 1.88. The third kappa shape index (κ3) is 24.5. The summed E-state index contributed by atoms with van der Waals surface area (Å²) in [6.45, 7) is 11.8. The van der Waals surface area contributed by atoms with Crippen molar-refractivity contribution in [1.82, 2.24) is 0 Å². The SMILES string of the molecule is C.C.C.C.CCC1CCC(COC)CC1.CCCOCC(C)OC.CCc1ccc(COC)cc1. The number of hydrogen-bond acceptors (Lipinski definition) is 4. The second-order valence-electron chi connectivity index (χ2n) is 8.47. The standard InChI is InChI=1S/C10H20O.C10H14O.C7H16O2.4CH4/c2*1-3-9-4-6-10(7-5-9)8-11-2;1-4-5-9-6-7(2)8-3;;;;/h9-10H,3-8H2,1-2H3;4-7H,3,8H2,1-2H3;7H,4-6H2,1-3H3;4*1H4. The number of rotatable bonds is 11. The average Bonchev–Trinajstić information content (AvgIpc) is 2.81. The minimum absolute atomic E-state index is 0. The van der Waals surface area contributed by atoms with Gasteiger partial charge in [-0.3, -0.25) is 0 Å². The van der Waals surface area contributed by atoms with E-state index in [1.54, 1.807) is 14.2 Å². The molecule has 1 saturated carbocycles. The topological polar surface area (TPSA) is 36.9 Å². The van der Waals surface area contributed by atoms with Gasteiger partial charge in [0.05, 0.1) is 19.3 Å². The summed E-state index contributed by atoms with van der Waals surface area (Å²) in [4.78, 5) is 0. The Hall–Kier alpha value is -0.940. The van der Waals surface area contributed by atoms with Crippen molar-refractivity contribution in [2.45, 2.75) is 115 Å². The monoisotopic (exact) mass is 502 g/mol. The molecule has 0 spiro atoms. The zero-order valence-corrected chi connectivity index (χ0v) is 21.5. The summed E-state index contributed by atoms with van der Waals surface area (Å²) in [5.41, 5.74) is 2.62. The van der Waals surface area contributed by atoms with Gasteiger partial charge in [-0.2, -0.15) is 0 Å². The minimum atomic E-state index is 0. The maximum atomic E-state index is 5.21. The van der Waals surface area contributed by atoms with E-state index in [1.807, 2.05) is 14.0 Å². The van der Waals surface area contributed by atoms with Gasteiger partial charge in [-0.15, -0.1) is 0 Å². The Morgan fingerprint density at radius 3 is 1.69 bits per heavy atom. The molecule has 1 aliphatic carbocycles. The smallest absolute Gasteiger partial charge is 0.0776 e. The fourth-order valence-corrected chi connectivity index (χ4v) is 3.54. The van der Waals surface area contributed by atoms with Crippen molar-refractivity contribution < 1.29 is 18.9 Å². The summed E-state index contributed by atoms with van der Waals surface area (Å²) in [7, 11) is 5.22. The van der Waals surface area contributed by atoms with Gasteiger partial charge in [0.2, 0.25) is 0 Å². The van der Waals surface area contributed by atoms with E-state index < -0.39 is 0 Å². The Labute approximate surface area is 222 Å². The lowest BCUT2D eigenvalue weighted by molar-refractivity contribution is 0.0188. The molecule has 1 aliphatic rings. The highest BCUT2D eigenvalue weighted by atomic mass is 16.5. The van der Waals surface area contributed by atoms with Crippen molar-refractivity contribution in [2.24, 2.45) is 11.8 Å². The first-order valence-corrected chi connectivity index (χ1v) is 12.2. The Morgan fingerprint density at radius 1 is 0.771 bits per heavy atom. The van der Waals surface area contributed by atoms with Crippen LogP contribution in [0, 0.1) is 11.8 Å². The zero-order chi connectivity index (χ0) is 23.3. The van der Waals surface area contributed by atoms with Crippen molar-refractivity contribution in [3.05, 3.63) is 35.4 Å². The third-order valence-electron chi connectivity index (χ3n) is 5.79. The second-order valence-corrected chi connectivity index (χ2v) is 8.47. The summed E-state index contributed by atoms with van der Waals surface area (Å²) < 4.78 is 20.3. The van der Waals surface area contributed by atoms with Crippen LogP contribution in [0.2, 0.25) is 0 Å². The van der Waals surface area contributed by atoms with Crippen LogP contribution >= 0.6 is 0 Å². The maximum absolute atomic E-state index is 5.21. The van der Waals surface area contributed by atoms with Gasteiger partial charge in [-0.05, 0) is 55.6 Å². The molecule has 0 aliphatic heterocycles. The third-order valence-corrected chi connectivity index (χ3v) is 5.79. The lowest BCUT2D eigenvalue weighted by Gasteiger charge is -2.26. The molecule has 1 aromatic carbocycles. The van der Waals surface area contributed by atoms with Crippen LogP contribution in [-0.4, -0.2) is 47.3 Å². The second kappa shape index (κ2) is 31.1. The van der Waals surface area contributed by atoms with Crippen LogP contribution in [0.5, 0.6) is 0 Å². The Balaban J connectivity index is -0.000000122. The number of benzene rings is 1. The summed E-state index contributed by atoms with van der Waals surface area (Å²) >= 11 is 0. The van der Waals surface area contributed by atoms with Crippen LogP contribution in [0.4, 0.5) is 0 Å². The van der Waals surface area contributed by atoms with E-state index in [4.69, 9.17) is 18.9 Å². The first-order valence-electron chi connectivity index (χ1n) is 12.2. The first kappa shape index (κ1) is 44.1. The molecule has 0 heterocycles. The molecular weight excluding hydrogens is 436 g/mol. The largest absolute Gasteiger partial charge is 0.384 e. The quantitative estimate of drug-likeness (QED) is 0.282. The molecule has 1 aromatic rings. The van der Waals surface area contributed by atoms with Gasteiger partial charge < -0.3 is 18.9 Å². The molecule has 1 fully saturated rings. The lowest BCUT2D eigenvalue weighted by Crippen LogP contribution is -2.17. The van der Waals surface area contributed by atoms with Crippen molar-refractivity contribution in [3.8, 4) is 0 Å². The van der Waals surface area contributed by atoms with E-state index in [0.717, 1.165) is 37.9 Å². The number of hydrogen-bond donors (Lipinski definition) is 0. The van der Waals surface area contributed by atoms with Gasteiger partial charge >= 0.3 is 0 Å². The predicted molar refractivity (Wildman–Crippen MR) is 159 cm³/mol. The Morgan fingerprint density at radius 2 is 1.29 bits per heavy atom. The highest BCUT2D eigenvalue weighted by molar-refractivity contribution is 5.21. The molecular formula is C31H66O4. The van der Waals surface area contributed by atoms with E-state index in [-0.39, 0.29) is 35.8 Å². The van der Waals surface area contributed by atoms with E-state index in [1.165, 1.54) is 43.2 Å². The highest BCUT2D eigenvalue weighted by Gasteiger charge is 2.19. The molecule has 0 amide bonds. The van der Waals surface area contributed by atoms with Crippen molar-refractivity contribution in [1.29, 1.82) is 0 Å². The number of methoxy groups -OCH3 is 3. The Bertz CT molecular complexity index is 481. The molecule has 35 heavy (non-hydrogen) atoms. The van der Waals surface area contributed by atoms with Gasteiger partial charge in [0, 0.05) is 34.5 Å².